The molecule has 0 saturated carbocycles. The van der Waals surface area contributed by atoms with E-state index in [4.69, 9.17) is 6.92 Å². The summed E-state index contributed by atoms with van der Waals surface area (Å²) in [5.41, 5.74) is 0.759. The van der Waals surface area contributed by atoms with Crippen LogP contribution in [-0.2, 0) is 6.42 Å². The number of halogens is 3. The molecule has 0 fully saturated rings. The first-order chi connectivity index (χ1) is 6.01. The fourth-order valence-electron chi connectivity index (χ4n) is 0.827. The summed E-state index contributed by atoms with van der Waals surface area (Å²) < 4.78 is 38.7. The van der Waals surface area contributed by atoms with E-state index in [2.05, 4.69) is 4.74 Å². The van der Waals surface area contributed by atoms with Gasteiger partial charge in [0.25, 0.3) is 0 Å². The van der Waals surface area contributed by atoms with E-state index in [1.807, 2.05) is 0 Å². The predicted octanol–water partition coefficient (Wildman–Crippen LogP) is 2.84. The van der Waals surface area contributed by atoms with Crippen LogP contribution in [0.2, 0.25) is 0 Å². The second-order valence-electron chi connectivity index (χ2n) is 2.40. The Bertz CT molecular complexity index is 263. The third-order valence-electron chi connectivity index (χ3n) is 1.39. The van der Waals surface area contributed by atoms with Gasteiger partial charge in [0, 0.05) is 0 Å². The Labute approximate surface area is 74.1 Å². The SMILES string of the molecule is [CH]Cc1ccc(OC(F)(F)F)cc1. The molecule has 1 rings (SSSR count). The molecular formula is C9H7F3O. The van der Waals surface area contributed by atoms with Gasteiger partial charge < -0.3 is 4.74 Å². The molecule has 0 aliphatic carbocycles. The van der Waals surface area contributed by atoms with Crippen molar-refractivity contribution in [1.29, 1.82) is 0 Å². The monoisotopic (exact) mass is 188 g/mol. The molecule has 1 aromatic carbocycles. The molecule has 0 amide bonds. The van der Waals surface area contributed by atoms with Crippen molar-refractivity contribution >= 4 is 0 Å². The van der Waals surface area contributed by atoms with E-state index in [9.17, 15) is 13.2 Å². The van der Waals surface area contributed by atoms with Crippen LogP contribution in [0.25, 0.3) is 0 Å². The summed E-state index contributed by atoms with van der Waals surface area (Å²) in [5, 5.41) is 0. The minimum absolute atomic E-state index is 0.232. The molecule has 0 atom stereocenters. The molecule has 1 nitrogen and oxygen atoms in total. The van der Waals surface area contributed by atoms with Crippen molar-refractivity contribution in [2.45, 2.75) is 12.8 Å². The van der Waals surface area contributed by atoms with E-state index < -0.39 is 6.36 Å². The van der Waals surface area contributed by atoms with E-state index in [-0.39, 0.29) is 5.75 Å². The molecule has 0 aliphatic heterocycles. The minimum atomic E-state index is -4.63. The molecule has 0 N–H and O–H groups in total. The van der Waals surface area contributed by atoms with Gasteiger partial charge in [-0.15, -0.1) is 13.2 Å². The van der Waals surface area contributed by atoms with Gasteiger partial charge in [-0.05, 0) is 31.0 Å². The van der Waals surface area contributed by atoms with Gasteiger partial charge in [0.2, 0.25) is 0 Å². The van der Waals surface area contributed by atoms with Crippen LogP contribution in [0.4, 0.5) is 13.2 Å². The van der Waals surface area contributed by atoms with Crippen LogP contribution in [-0.4, -0.2) is 6.36 Å². The molecule has 0 bridgehead atoms. The van der Waals surface area contributed by atoms with Crippen LogP contribution in [0.15, 0.2) is 24.3 Å². The first-order valence-corrected chi connectivity index (χ1v) is 3.56. The average Bonchev–Trinajstić information content (AvgIpc) is 2.03. The standard InChI is InChI=1S/C9H7F3O/c1-2-7-3-5-8(6-4-7)13-9(10,11)12/h1,3-6H,2H2. The number of hydrogen-bond donors (Lipinski definition) is 0. The first-order valence-electron chi connectivity index (χ1n) is 3.56. The molecule has 13 heavy (non-hydrogen) atoms. The Morgan fingerprint density at radius 2 is 1.69 bits per heavy atom. The molecule has 0 aromatic heterocycles. The Morgan fingerprint density at radius 1 is 1.15 bits per heavy atom. The second kappa shape index (κ2) is 3.68. The summed E-state index contributed by atoms with van der Waals surface area (Å²) in [4.78, 5) is 0. The highest BCUT2D eigenvalue weighted by atomic mass is 19.4. The van der Waals surface area contributed by atoms with E-state index >= 15 is 0 Å². The summed E-state index contributed by atoms with van der Waals surface area (Å²) in [6.45, 7) is 5.26. The van der Waals surface area contributed by atoms with Crippen molar-refractivity contribution in [2.75, 3.05) is 0 Å². The van der Waals surface area contributed by atoms with Crippen molar-refractivity contribution in [3.05, 3.63) is 36.8 Å². The van der Waals surface area contributed by atoms with E-state index in [0.717, 1.165) is 5.56 Å². The van der Waals surface area contributed by atoms with Crippen LogP contribution < -0.4 is 4.74 Å². The molecule has 0 saturated heterocycles. The van der Waals surface area contributed by atoms with Crippen LogP contribution in [0.1, 0.15) is 5.56 Å². The van der Waals surface area contributed by atoms with Gasteiger partial charge >= 0.3 is 6.36 Å². The molecule has 1 aromatic rings. The van der Waals surface area contributed by atoms with Crippen LogP contribution in [0.3, 0.4) is 0 Å². The molecule has 4 heteroatoms. The summed E-state index contributed by atoms with van der Waals surface area (Å²) in [7, 11) is 0. The maximum Gasteiger partial charge on any atom is 0.573 e. The molecule has 2 radical (unpaired) electrons. The summed E-state index contributed by atoms with van der Waals surface area (Å²) in [5.74, 6) is -0.232. The number of alkyl halides is 3. The normalized spacial score (nSPS) is 11.4. The third kappa shape index (κ3) is 3.36. The molecular weight excluding hydrogens is 181 g/mol. The maximum atomic E-state index is 11.7. The van der Waals surface area contributed by atoms with Gasteiger partial charge in [0.1, 0.15) is 5.75 Å². The Morgan fingerprint density at radius 3 is 2.08 bits per heavy atom. The van der Waals surface area contributed by atoms with Crippen molar-refractivity contribution in [3.63, 3.8) is 0 Å². The van der Waals surface area contributed by atoms with Crippen LogP contribution >= 0.6 is 0 Å². The minimum Gasteiger partial charge on any atom is -0.406 e. The highest BCUT2D eigenvalue weighted by molar-refractivity contribution is 5.27. The van der Waals surface area contributed by atoms with Gasteiger partial charge in [0.05, 0.1) is 0 Å². The largest absolute Gasteiger partial charge is 0.573 e. The summed E-state index contributed by atoms with van der Waals surface area (Å²) >= 11 is 0. The van der Waals surface area contributed by atoms with Gasteiger partial charge in [-0.1, -0.05) is 12.1 Å². The smallest absolute Gasteiger partial charge is 0.406 e. The first kappa shape index (κ1) is 9.89. The fourth-order valence-corrected chi connectivity index (χ4v) is 0.827. The third-order valence-corrected chi connectivity index (χ3v) is 1.39. The molecule has 0 heterocycles. The lowest BCUT2D eigenvalue weighted by atomic mass is 10.2. The second-order valence-corrected chi connectivity index (χ2v) is 2.40. The highest BCUT2D eigenvalue weighted by Crippen LogP contribution is 2.22. The molecule has 0 spiro atoms. The Hall–Kier alpha value is -1.19. The summed E-state index contributed by atoms with van der Waals surface area (Å²) in [6, 6.07) is 5.44. The topological polar surface area (TPSA) is 9.23 Å². The maximum absolute atomic E-state index is 11.7. The van der Waals surface area contributed by atoms with Crippen LogP contribution in [0.5, 0.6) is 5.75 Å². The summed E-state index contributed by atoms with van der Waals surface area (Å²) in [6.07, 6.45) is -4.34. The van der Waals surface area contributed by atoms with E-state index in [1.54, 1.807) is 0 Å². The zero-order chi connectivity index (χ0) is 9.90. The van der Waals surface area contributed by atoms with Crippen LogP contribution in [0, 0.1) is 6.92 Å². The molecule has 70 valence electrons. The van der Waals surface area contributed by atoms with Gasteiger partial charge in [-0.3, -0.25) is 0 Å². The highest BCUT2D eigenvalue weighted by Gasteiger charge is 2.30. The van der Waals surface area contributed by atoms with E-state index in [1.165, 1.54) is 24.3 Å². The van der Waals surface area contributed by atoms with Gasteiger partial charge in [-0.25, -0.2) is 0 Å². The lowest BCUT2D eigenvalue weighted by Gasteiger charge is -2.08. The molecule has 0 unspecified atom stereocenters. The van der Waals surface area contributed by atoms with Gasteiger partial charge in [0.15, 0.2) is 0 Å². The zero-order valence-electron chi connectivity index (χ0n) is 6.64. The number of benzene rings is 1. The van der Waals surface area contributed by atoms with Crippen molar-refractivity contribution in [1.82, 2.24) is 0 Å². The van der Waals surface area contributed by atoms with Crippen molar-refractivity contribution in [2.24, 2.45) is 0 Å². The Kier molecular flexibility index (Phi) is 2.80. The number of hydrogen-bond acceptors (Lipinski definition) is 1. The number of ether oxygens (including phenoxy) is 1. The zero-order valence-corrected chi connectivity index (χ0v) is 6.64. The Balaban J connectivity index is 2.70. The van der Waals surface area contributed by atoms with Crippen molar-refractivity contribution in [3.8, 4) is 5.75 Å². The fraction of sp³-hybridized carbons (Fsp3) is 0.222. The lowest BCUT2D eigenvalue weighted by molar-refractivity contribution is -0.274. The quantitative estimate of drug-likeness (QED) is 0.693. The van der Waals surface area contributed by atoms with Crippen molar-refractivity contribution < 1.29 is 17.9 Å². The predicted molar refractivity (Wildman–Crippen MR) is 41.1 cm³/mol. The molecule has 0 aliphatic rings. The van der Waals surface area contributed by atoms with Gasteiger partial charge in [-0.2, -0.15) is 0 Å². The average molecular weight is 188 g/mol. The number of rotatable bonds is 2. The lowest BCUT2D eigenvalue weighted by Crippen LogP contribution is -2.16. The van der Waals surface area contributed by atoms with E-state index in [0.29, 0.717) is 6.42 Å².